The number of primary amides is 1. The number of nitrogens with zero attached hydrogens (tertiary/aromatic N) is 2. The number of benzene rings is 1. The molecule has 1 aliphatic heterocycles. The molecule has 0 saturated carbocycles. The minimum Gasteiger partial charge on any atom is -0.387 e. The molecule has 0 spiro atoms. The first-order valence-electron chi connectivity index (χ1n) is 6.71. The van der Waals surface area contributed by atoms with Crippen molar-refractivity contribution in [1.82, 2.24) is 9.80 Å². The highest BCUT2D eigenvalue weighted by Crippen LogP contribution is 2.18. The van der Waals surface area contributed by atoms with Crippen LogP contribution in [0.25, 0.3) is 0 Å². The van der Waals surface area contributed by atoms with Gasteiger partial charge in [0.2, 0.25) is 5.91 Å². The lowest BCUT2D eigenvalue weighted by atomic mass is 10.1. The first kappa shape index (κ1) is 15.3. The van der Waals surface area contributed by atoms with Gasteiger partial charge in [-0.1, -0.05) is 23.7 Å². The summed E-state index contributed by atoms with van der Waals surface area (Å²) in [7, 11) is 0. The Morgan fingerprint density at radius 2 is 1.75 bits per heavy atom. The molecule has 5 nitrogen and oxygen atoms in total. The molecule has 1 fully saturated rings. The number of β-amino-alcohol motifs (C(OH)–C–C–N with tert-alkyl or cyclic N) is 1. The molecule has 1 atom stereocenters. The summed E-state index contributed by atoms with van der Waals surface area (Å²) >= 11 is 5.83. The van der Waals surface area contributed by atoms with Crippen LogP contribution < -0.4 is 5.73 Å². The molecule has 1 saturated heterocycles. The van der Waals surface area contributed by atoms with Gasteiger partial charge in [-0.05, 0) is 17.7 Å². The average molecular weight is 298 g/mol. The zero-order valence-corrected chi connectivity index (χ0v) is 12.1. The number of aliphatic hydroxyl groups is 1. The van der Waals surface area contributed by atoms with Crippen LogP contribution in [0.5, 0.6) is 0 Å². The van der Waals surface area contributed by atoms with Gasteiger partial charge in [-0.25, -0.2) is 0 Å². The molecule has 1 unspecified atom stereocenters. The van der Waals surface area contributed by atoms with Crippen LogP contribution in [-0.4, -0.2) is 60.1 Å². The molecule has 0 aliphatic carbocycles. The summed E-state index contributed by atoms with van der Waals surface area (Å²) in [5.41, 5.74) is 6.05. The third-order valence-corrected chi connectivity index (χ3v) is 3.78. The number of piperazine rings is 1. The Morgan fingerprint density at radius 1 is 1.20 bits per heavy atom. The van der Waals surface area contributed by atoms with Crippen molar-refractivity contribution in [2.45, 2.75) is 6.10 Å². The van der Waals surface area contributed by atoms with Gasteiger partial charge in [0.15, 0.2) is 0 Å². The maximum absolute atomic E-state index is 10.9. The molecular weight excluding hydrogens is 278 g/mol. The average Bonchev–Trinajstić information content (AvgIpc) is 2.41. The summed E-state index contributed by atoms with van der Waals surface area (Å²) < 4.78 is 0. The SMILES string of the molecule is NC(=O)CN1CCN(CC(O)c2ccc(Cl)cc2)CC1. The largest absolute Gasteiger partial charge is 0.387 e. The number of hydrogen-bond donors (Lipinski definition) is 2. The number of halogens is 1. The van der Waals surface area contributed by atoms with E-state index in [0.717, 1.165) is 31.7 Å². The first-order valence-corrected chi connectivity index (χ1v) is 7.09. The van der Waals surface area contributed by atoms with Crippen LogP contribution in [-0.2, 0) is 4.79 Å². The van der Waals surface area contributed by atoms with Crippen LogP contribution in [0.15, 0.2) is 24.3 Å². The van der Waals surface area contributed by atoms with Crippen molar-refractivity contribution in [2.24, 2.45) is 5.73 Å². The second-order valence-electron chi connectivity index (χ2n) is 5.11. The van der Waals surface area contributed by atoms with Gasteiger partial charge in [0.05, 0.1) is 12.6 Å². The number of carbonyl (C=O) groups is 1. The fourth-order valence-corrected chi connectivity index (χ4v) is 2.51. The van der Waals surface area contributed by atoms with Crippen molar-refractivity contribution < 1.29 is 9.90 Å². The Balaban J connectivity index is 1.80. The molecule has 1 amide bonds. The number of hydrogen-bond acceptors (Lipinski definition) is 4. The van der Waals surface area contributed by atoms with Crippen LogP contribution in [0.2, 0.25) is 5.02 Å². The number of amides is 1. The summed E-state index contributed by atoms with van der Waals surface area (Å²) in [6, 6.07) is 7.25. The van der Waals surface area contributed by atoms with Crippen molar-refractivity contribution in [1.29, 1.82) is 0 Å². The molecule has 1 aromatic carbocycles. The summed E-state index contributed by atoms with van der Waals surface area (Å²) in [4.78, 5) is 15.1. The van der Waals surface area contributed by atoms with Gasteiger partial charge in [-0.2, -0.15) is 0 Å². The highest BCUT2D eigenvalue weighted by Gasteiger charge is 2.20. The van der Waals surface area contributed by atoms with Crippen molar-refractivity contribution >= 4 is 17.5 Å². The molecule has 0 bridgehead atoms. The van der Waals surface area contributed by atoms with Crippen molar-refractivity contribution in [3.8, 4) is 0 Å². The van der Waals surface area contributed by atoms with E-state index in [1.807, 2.05) is 17.0 Å². The molecule has 20 heavy (non-hydrogen) atoms. The molecule has 0 radical (unpaired) electrons. The number of carbonyl (C=O) groups excluding carboxylic acids is 1. The highest BCUT2D eigenvalue weighted by atomic mass is 35.5. The minimum absolute atomic E-state index is 0.292. The molecule has 6 heteroatoms. The van der Waals surface area contributed by atoms with Gasteiger partial charge in [0, 0.05) is 37.7 Å². The predicted molar refractivity (Wildman–Crippen MR) is 78.5 cm³/mol. The second-order valence-corrected chi connectivity index (χ2v) is 5.55. The summed E-state index contributed by atoms with van der Waals surface area (Å²) in [6.07, 6.45) is -0.519. The van der Waals surface area contributed by atoms with E-state index in [9.17, 15) is 9.90 Å². The Morgan fingerprint density at radius 3 is 2.30 bits per heavy atom. The number of aliphatic hydroxyl groups excluding tert-OH is 1. The number of nitrogens with two attached hydrogens (primary N) is 1. The molecular formula is C14H20ClN3O2. The zero-order valence-electron chi connectivity index (χ0n) is 11.3. The Hall–Kier alpha value is -1.14. The first-order chi connectivity index (χ1) is 9.54. The number of rotatable bonds is 5. The summed E-state index contributed by atoms with van der Waals surface area (Å²) in [6.45, 7) is 4.17. The normalized spacial score (nSPS) is 18.9. The summed E-state index contributed by atoms with van der Waals surface area (Å²) in [5, 5.41) is 10.9. The van der Waals surface area contributed by atoms with Crippen LogP contribution >= 0.6 is 11.6 Å². The summed E-state index contributed by atoms with van der Waals surface area (Å²) in [5.74, 6) is -0.292. The third-order valence-electron chi connectivity index (χ3n) is 3.53. The fraction of sp³-hybridized carbons (Fsp3) is 0.500. The van der Waals surface area contributed by atoms with Gasteiger partial charge in [-0.15, -0.1) is 0 Å². The van der Waals surface area contributed by atoms with Crippen molar-refractivity contribution in [2.75, 3.05) is 39.3 Å². The zero-order chi connectivity index (χ0) is 14.5. The standard InChI is InChI=1S/C14H20ClN3O2/c15-12-3-1-11(2-4-12)13(19)9-17-5-7-18(8-6-17)10-14(16)20/h1-4,13,19H,5-10H2,(H2,16,20). The molecule has 3 N–H and O–H groups in total. The maximum atomic E-state index is 10.9. The lowest BCUT2D eigenvalue weighted by Crippen LogP contribution is -2.49. The Bertz CT molecular complexity index is 444. The van der Waals surface area contributed by atoms with Crippen molar-refractivity contribution in [3.63, 3.8) is 0 Å². The molecule has 2 rings (SSSR count). The minimum atomic E-state index is -0.519. The lowest BCUT2D eigenvalue weighted by Gasteiger charge is -2.35. The third kappa shape index (κ3) is 4.45. The van der Waals surface area contributed by atoms with Crippen LogP contribution in [0, 0.1) is 0 Å². The topological polar surface area (TPSA) is 69.8 Å². The van der Waals surface area contributed by atoms with Crippen LogP contribution in [0.4, 0.5) is 0 Å². The predicted octanol–water partition coefficient (Wildman–Crippen LogP) is 0.476. The maximum Gasteiger partial charge on any atom is 0.231 e. The van der Waals surface area contributed by atoms with Gasteiger partial charge >= 0.3 is 0 Å². The smallest absolute Gasteiger partial charge is 0.231 e. The van der Waals surface area contributed by atoms with E-state index in [1.54, 1.807) is 12.1 Å². The van der Waals surface area contributed by atoms with E-state index in [0.29, 0.717) is 18.1 Å². The van der Waals surface area contributed by atoms with E-state index in [-0.39, 0.29) is 5.91 Å². The van der Waals surface area contributed by atoms with Gasteiger partial charge in [0.1, 0.15) is 0 Å². The van der Waals surface area contributed by atoms with Gasteiger partial charge in [0.25, 0.3) is 0 Å². The second kappa shape index (κ2) is 7.04. The van der Waals surface area contributed by atoms with E-state index in [4.69, 9.17) is 17.3 Å². The van der Waals surface area contributed by atoms with Gasteiger partial charge in [-0.3, -0.25) is 14.6 Å². The lowest BCUT2D eigenvalue weighted by molar-refractivity contribution is -0.119. The van der Waals surface area contributed by atoms with Gasteiger partial charge < -0.3 is 10.8 Å². The van der Waals surface area contributed by atoms with E-state index < -0.39 is 6.10 Å². The van der Waals surface area contributed by atoms with E-state index in [2.05, 4.69) is 4.90 Å². The van der Waals surface area contributed by atoms with E-state index >= 15 is 0 Å². The van der Waals surface area contributed by atoms with Crippen molar-refractivity contribution in [3.05, 3.63) is 34.9 Å². The molecule has 1 aliphatic rings. The quantitative estimate of drug-likeness (QED) is 0.829. The highest BCUT2D eigenvalue weighted by molar-refractivity contribution is 6.30. The Kier molecular flexibility index (Phi) is 5.37. The fourth-order valence-electron chi connectivity index (χ4n) is 2.39. The molecule has 110 valence electrons. The monoisotopic (exact) mass is 297 g/mol. The molecule has 1 aromatic rings. The van der Waals surface area contributed by atoms with Crippen LogP contribution in [0.1, 0.15) is 11.7 Å². The molecule has 1 heterocycles. The van der Waals surface area contributed by atoms with E-state index in [1.165, 1.54) is 0 Å². The molecule has 0 aromatic heterocycles. The van der Waals surface area contributed by atoms with Crippen LogP contribution in [0.3, 0.4) is 0 Å². The Labute approximate surface area is 123 Å².